The smallest absolute Gasteiger partial charge is 0.246 e. The van der Waals surface area contributed by atoms with E-state index in [-0.39, 0.29) is 17.1 Å². The molecule has 2 fully saturated rings. The normalized spacial score (nSPS) is 17.1. The molecule has 2 aromatic rings. The van der Waals surface area contributed by atoms with Gasteiger partial charge in [-0.3, -0.25) is 4.79 Å². The lowest BCUT2D eigenvalue weighted by atomic mass is 9.78. The highest BCUT2D eigenvalue weighted by molar-refractivity contribution is 7.80. The topological polar surface area (TPSA) is 54.0 Å². The third-order valence-corrected chi connectivity index (χ3v) is 7.65. The third kappa shape index (κ3) is 5.54. The first-order valence-electron chi connectivity index (χ1n) is 11.5. The van der Waals surface area contributed by atoms with Crippen molar-refractivity contribution in [1.82, 2.24) is 9.80 Å². The number of anilines is 1. The SMILES string of the molecule is COc1ccc(/C=C/C(=O)N2CCC3(CCN(C(=S)Nc4ccccc4F)CC3)C2)c(Cl)c1OC. The van der Waals surface area contributed by atoms with Crippen LogP contribution in [0, 0.1) is 11.2 Å². The van der Waals surface area contributed by atoms with Crippen LogP contribution in [-0.2, 0) is 4.79 Å². The van der Waals surface area contributed by atoms with Crippen molar-refractivity contribution in [2.45, 2.75) is 19.3 Å². The molecule has 0 radical (unpaired) electrons. The van der Waals surface area contributed by atoms with E-state index < -0.39 is 0 Å². The molecule has 0 bridgehead atoms. The van der Waals surface area contributed by atoms with E-state index in [9.17, 15) is 9.18 Å². The maximum absolute atomic E-state index is 13.9. The molecule has 0 atom stereocenters. The van der Waals surface area contributed by atoms with E-state index in [1.54, 1.807) is 49.6 Å². The number of benzene rings is 2. The van der Waals surface area contributed by atoms with Crippen LogP contribution in [0.4, 0.5) is 10.1 Å². The number of piperidine rings is 1. The van der Waals surface area contributed by atoms with Gasteiger partial charge < -0.3 is 24.6 Å². The van der Waals surface area contributed by atoms with Gasteiger partial charge in [0.05, 0.1) is 24.9 Å². The maximum atomic E-state index is 13.9. The van der Waals surface area contributed by atoms with Gasteiger partial charge in [0, 0.05) is 32.3 Å². The zero-order valence-electron chi connectivity index (χ0n) is 19.9. The molecule has 6 nitrogen and oxygen atoms in total. The van der Waals surface area contributed by atoms with Crippen LogP contribution in [0.1, 0.15) is 24.8 Å². The molecule has 4 rings (SSSR count). The predicted molar refractivity (Wildman–Crippen MR) is 141 cm³/mol. The Hall–Kier alpha value is -2.84. The summed E-state index contributed by atoms with van der Waals surface area (Å²) in [6.45, 7) is 3.00. The van der Waals surface area contributed by atoms with Gasteiger partial charge >= 0.3 is 0 Å². The van der Waals surface area contributed by atoms with E-state index >= 15 is 0 Å². The zero-order valence-corrected chi connectivity index (χ0v) is 21.4. The van der Waals surface area contributed by atoms with E-state index in [1.165, 1.54) is 13.2 Å². The van der Waals surface area contributed by atoms with Gasteiger partial charge in [0.2, 0.25) is 5.91 Å². The van der Waals surface area contributed by atoms with Crippen LogP contribution in [0.25, 0.3) is 6.08 Å². The first-order valence-corrected chi connectivity index (χ1v) is 12.3. The van der Waals surface area contributed by atoms with E-state index in [2.05, 4.69) is 10.2 Å². The van der Waals surface area contributed by atoms with Crippen LogP contribution in [0.3, 0.4) is 0 Å². The average Bonchev–Trinajstić information content (AvgIpc) is 3.28. The minimum Gasteiger partial charge on any atom is -0.493 e. The number of likely N-dealkylation sites (tertiary alicyclic amines) is 2. The van der Waals surface area contributed by atoms with Crippen molar-refractivity contribution in [1.29, 1.82) is 0 Å². The Morgan fingerprint density at radius 3 is 2.43 bits per heavy atom. The number of rotatable bonds is 5. The number of amides is 1. The number of halogens is 2. The maximum Gasteiger partial charge on any atom is 0.246 e. The summed E-state index contributed by atoms with van der Waals surface area (Å²) in [5.41, 5.74) is 1.17. The number of nitrogens with one attached hydrogen (secondary N) is 1. The first kappa shape index (κ1) is 25.3. The van der Waals surface area contributed by atoms with Gasteiger partial charge in [0.15, 0.2) is 16.6 Å². The standard InChI is InChI=1S/C26H29ClFN3O3S/c1-33-21-9-7-18(23(27)24(21)34-2)8-10-22(32)31-16-13-26(17-31)11-14-30(15-12-26)25(35)29-20-6-4-3-5-19(20)28/h3-10H,11-17H2,1-2H3,(H,29,35)/b10-8+. The second kappa shape index (κ2) is 10.8. The molecule has 1 spiro atoms. The fraction of sp³-hybridized carbons (Fsp3) is 0.385. The molecule has 0 aromatic heterocycles. The Morgan fingerprint density at radius 2 is 1.77 bits per heavy atom. The number of para-hydroxylation sites is 1. The molecule has 2 aliphatic heterocycles. The van der Waals surface area contributed by atoms with Crippen LogP contribution in [0.2, 0.25) is 5.02 Å². The third-order valence-electron chi connectivity index (χ3n) is 6.90. The number of thiocarbonyl (C=S) groups is 1. The van der Waals surface area contributed by atoms with Crippen molar-refractivity contribution in [3.05, 3.63) is 58.9 Å². The lowest BCUT2D eigenvalue weighted by Crippen LogP contribution is -2.46. The van der Waals surface area contributed by atoms with Crippen molar-refractivity contribution < 1.29 is 18.7 Å². The van der Waals surface area contributed by atoms with Crippen LogP contribution in [-0.4, -0.2) is 61.2 Å². The molecule has 2 aliphatic rings. The van der Waals surface area contributed by atoms with Crippen molar-refractivity contribution >= 4 is 46.6 Å². The highest BCUT2D eigenvalue weighted by atomic mass is 35.5. The Kier molecular flexibility index (Phi) is 7.82. The quantitative estimate of drug-likeness (QED) is 0.433. The molecule has 2 saturated heterocycles. The van der Waals surface area contributed by atoms with E-state index in [0.29, 0.717) is 32.9 Å². The zero-order chi connectivity index (χ0) is 25.0. The number of hydrogen-bond acceptors (Lipinski definition) is 4. The lowest BCUT2D eigenvalue weighted by molar-refractivity contribution is -0.125. The van der Waals surface area contributed by atoms with Crippen LogP contribution < -0.4 is 14.8 Å². The summed E-state index contributed by atoms with van der Waals surface area (Å²) >= 11 is 11.9. The number of methoxy groups -OCH3 is 2. The molecule has 35 heavy (non-hydrogen) atoms. The van der Waals surface area contributed by atoms with Gasteiger partial charge in [0.1, 0.15) is 5.82 Å². The van der Waals surface area contributed by atoms with Gasteiger partial charge in [-0.1, -0.05) is 23.7 Å². The van der Waals surface area contributed by atoms with E-state index in [0.717, 1.165) is 45.4 Å². The van der Waals surface area contributed by atoms with Crippen molar-refractivity contribution in [2.75, 3.05) is 45.7 Å². The predicted octanol–water partition coefficient (Wildman–Crippen LogP) is 5.22. The first-order chi connectivity index (χ1) is 16.9. The number of carbonyl (C=O) groups is 1. The van der Waals surface area contributed by atoms with Crippen LogP contribution in [0.15, 0.2) is 42.5 Å². The molecular formula is C26H29ClFN3O3S. The minimum absolute atomic E-state index is 0.0353. The van der Waals surface area contributed by atoms with Gasteiger partial charge in [-0.05, 0) is 72.8 Å². The van der Waals surface area contributed by atoms with Crippen molar-refractivity contribution in [2.24, 2.45) is 5.41 Å². The Morgan fingerprint density at radius 1 is 1.09 bits per heavy atom. The molecule has 186 valence electrons. The van der Waals surface area contributed by atoms with Crippen molar-refractivity contribution in [3.8, 4) is 11.5 Å². The fourth-order valence-corrected chi connectivity index (χ4v) is 5.36. The molecule has 0 saturated carbocycles. The number of nitrogens with zero attached hydrogens (tertiary/aromatic N) is 2. The number of carbonyl (C=O) groups excluding carboxylic acids is 1. The number of ether oxygens (including phenoxy) is 2. The molecule has 1 amide bonds. The summed E-state index contributed by atoms with van der Waals surface area (Å²) < 4.78 is 24.5. The molecule has 1 N–H and O–H groups in total. The van der Waals surface area contributed by atoms with E-state index in [4.69, 9.17) is 33.3 Å². The van der Waals surface area contributed by atoms with Crippen molar-refractivity contribution in [3.63, 3.8) is 0 Å². The number of hydrogen-bond donors (Lipinski definition) is 1. The molecule has 2 aromatic carbocycles. The molecule has 0 aliphatic carbocycles. The summed E-state index contributed by atoms with van der Waals surface area (Å²) in [6.07, 6.45) is 6.11. The average molecular weight is 518 g/mol. The van der Waals surface area contributed by atoms with Gasteiger partial charge in [-0.15, -0.1) is 0 Å². The minimum atomic E-state index is -0.323. The molecular weight excluding hydrogens is 489 g/mol. The second-order valence-corrected chi connectivity index (χ2v) is 9.71. The Bertz CT molecular complexity index is 1130. The second-order valence-electron chi connectivity index (χ2n) is 8.94. The largest absolute Gasteiger partial charge is 0.493 e. The molecule has 9 heteroatoms. The highest BCUT2D eigenvalue weighted by Gasteiger charge is 2.42. The summed E-state index contributed by atoms with van der Waals surface area (Å²) in [5.74, 6) is 0.623. The van der Waals surface area contributed by atoms with Gasteiger partial charge in [-0.25, -0.2) is 4.39 Å². The van der Waals surface area contributed by atoms with Crippen LogP contribution >= 0.6 is 23.8 Å². The molecule has 0 unspecified atom stereocenters. The lowest BCUT2D eigenvalue weighted by Gasteiger charge is -2.40. The Balaban J connectivity index is 1.33. The summed E-state index contributed by atoms with van der Waals surface area (Å²) in [5, 5.41) is 3.96. The summed E-state index contributed by atoms with van der Waals surface area (Å²) in [4.78, 5) is 16.9. The van der Waals surface area contributed by atoms with Gasteiger partial charge in [-0.2, -0.15) is 0 Å². The fourth-order valence-electron chi connectivity index (χ4n) is 4.77. The highest BCUT2D eigenvalue weighted by Crippen LogP contribution is 2.41. The Labute approximate surface area is 215 Å². The summed E-state index contributed by atoms with van der Waals surface area (Å²) in [6, 6.07) is 10.1. The summed E-state index contributed by atoms with van der Waals surface area (Å²) in [7, 11) is 3.08. The van der Waals surface area contributed by atoms with Crippen LogP contribution in [0.5, 0.6) is 11.5 Å². The monoisotopic (exact) mass is 517 g/mol. The molecule has 2 heterocycles. The van der Waals surface area contributed by atoms with Gasteiger partial charge in [0.25, 0.3) is 0 Å². The van der Waals surface area contributed by atoms with E-state index in [1.807, 2.05) is 4.90 Å².